The molecule has 9 heteroatoms. The van der Waals surface area contributed by atoms with Crippen LogP contribution in [0.15, 0.2) is 64.4 Å². The lowest BCUT2D eigenvalue weighted by atomic mass is 10.2. The third-order valence-corrected chi connectivity index (χ3v) is 6.29. The largest absolute Gasteiger partial charge is 0.340 e. The first-order valence-corrected chi connectivity index (χ1v) is 10.8. The zero-order valence-corrected chi connectivity index (χ0v) is 17.4. The van der Waals surface area contributed by atoms with E-state index in [1.165, 1.54) is 16.3 Å². The van der Waals surface area contributed by atoms with E-state index in [1.807, 2.05) is 40.1 Å². The highest BCUT2D eigenvalue weighted by molar-refractivity contribution is 7.99. The van der Waals surface area contributed by atoms with Gasteiger partial charge in [-0.25, -0.2) is 0 Å². The molecule has 29 heavy (non-hydrogen) atoms. The van der Waals surface area contributed by atoms with Crippen LogP contribution in [-0.2, 0) is 17.9 Å². The van der Waals surface area contributed by atoms with E-state index in [1.54, 1.807) is 35.4 Å². The minimum Gasteiger partial charge on any atom is -0.340 e. The van der Waals surface area contributed by atoms with Crippen LogP contribution in [0.1, 0.15) is 4.88 Å². The molecule has 3 aromatic heterocycles. The number of rotatable bonds is 7. The summed E-state index contributed by atoms with van der Waals surface area (Å²) in [5.74, 6) is 0.678. The van der Waals surface area contributed by atoms with Crippen LogP contribution in [0.5, 0.6) is 0 Å². The second-order valence-corrected chi connectivity index (χ2v) is 8.43. The van der Waals surface area contributed by atoms with Crippen molar-refractivity contribution in [2.45, 2.75) is 18.2 Å². The third kappa shape index (κ3) is 3.70. The van der Waals surface area contributed by atoms with Gasteiger partial charge in [-0.1, -0.05) is 36.0 Å². The van der Waals surface area contributed by atoms with Crippen LogP contribution >= 0.6 is 23.1 Å². The van der Waals surface area contributed by atoms with Crippen LogP contribution in [0.2, 0.25) is 0 Å². The summed E-state index contributed by atoms with van der Waals surface area (Å²) >= 11 is 2.94. The van der Waals surface area contributed by atoms with E-state index in [2.05, 4.69) is 16.8 Å². The Labute approximate surface area is 175 Å². The fourth-order valence-electron chi connectivity index (χ4n) is 3.08. The van der Waals surface area contributed by atoms with Gasteiger partial charge < -0.3 is 4.90 Å². The van der Waals surface area contributed by atoms with Crippen molar-refractivity contribution in [1.29, 1.82) is 0 Å². The number of nitrogens with zero attached hydrogens (tertiary/aromatic N) is 5. The number of thiophene rings is 1. The molecule has 0 radical (unpaired) electrons. The van der Waals surface area contributed by atoms with Crippen molar-refractivity contribution in [3.8, 4) is 0 Å². The summed E-state index contributed by atoms with van der Waals surface area (Å²) in [7, 11) is 1.79. The highest BCUT2D eigenvalue weighted by Gasteiger charge is 2.18. The standard InChI is InChI=1S/C20H19N5O2S2/c1-3-10-24-18(27)15-8-4-5-9-16(15)25-19(24)21-22-20(25)29-13-17(26)23(2)12-14-7-6-11-28-14/h3-9,11H,1,10,12-13H2,2H3. The number of amides is 1. The molecule has 0 saturated heterocycles. The van der Waals surface area contributed by atoms with Crippen LogP contribution < -0.4 is 5.56 Å². The topological polar surface area (TPSA) is 72.5 Å². The predicted molar refractivity (Wildman–Crippen MR) is 116 cm³/mol. The maximum absolute atomic E-state index is 12.8. The van der Waals surface area contributed by atoms with Crippen molar-refractivity contribution in [3.05, 3.63) is 69.7 Å². The molecule has 0 saturated carbocycles. The molecule has 0 unspecified atom stereocenters. The Balaban J connectivity index is 1.65. The molecule has 3 heterocycles. The normalized spacial score (nSPS) is 11.2. The van der Waals surface area contributed by atoms with Crippen molar-refractivity contribution in [3.63, 3.8) is 0 Å². The molecule has 0 aliphatic rings. The summed E-state index contributed by atoms with van der Waals surface area (Å²) < 4.78 is 3.37. The summed E-state index contributed by atoms with van der Waals surface area (Å²) in [5.41, 5.74) is 0.586. The van der Waals surface area contributed by atoms with Crippen molar-refractivity contribution in [2.75, 3.05) is 12.8 Å². The molecule has 0 atom stereocenters. The number of fused-ring (bicyclic) bond motifs is 3. The monoisotopic (exact) mass is 425 g/mol. The average Bonchev–Trinajstić information content (AvgIpc) is 3.39. The van der Waals surface area contributed by atoms with Gasteiger partial charge in [-0.05, 0) is 23.6 Å². The highest BCUT2D eigenvalue weighted by atomic mass is 32.2. The number of hydrogen-bond donors (Lipinski definition) is 0. The second kappa shape index (κ2) is 8.22. The summed E-state index contributed by atoms with van der Waals surface area (Å²) in [4.78, 5) is 28.2. The van der Waals surface area contributed by atoms with E-state index in [0.29, 0.717) is 29.4 Å². The van der Waals surface area contributed by atoms with E-state index in [-0.39, 0.29) is 17.2 Å². The zero-order valence-electron chi connectivity index (χ0n) is 15.8. The van der Waals surface area contributed by atoms with E-state index in [9.17, 15) is 9.59 Å². The van der Waals surface area contributed by atoms with Crippen molar-refractivity contribution < 1.29 is 4.79 Å². The molecule has 0 aliphatic carbocycles. The Kier molecular flexibility index (Phi) is 5.50. The number of benzene rings is 1. The van der Waals surface area contributed by atoms with E-state index in [0.717, 1.165) is 10.4 Å². The minimum absolute atomic E-state index is 0.00358. The summed E-state index contributed by atoms with van der Waals surface area (Å²) in [6.45, 7) is 4.64. The van der Waals surface area contributed by atoms with E-state index in [4.69, 9.17) is 0 Å². The molecule has 0 spiro atoms. The van der Waals surface area contributed by atoms with E-state index >= 15 is 0 Å². The first kappa shape index (κ1) is 19.4. The maximum atomic E-state index is 12.8. The highest BCUT2D eigenvalue weighted by Crippen LogP contribution is 2.22. The van der Waals surface area contributed by atoms with Crippen molar-refractivity contribution >= 4 is 45.7 Å². The maximum Gasteiger partial charge on any atom is 0.263 e. The van der Waals surface area contributed by atoms with E-state index < -0.39 is 0 Å². The lowest BCUT2D eigenvalue weighted by Crippen LogP contribution is -2.27. The Morgan fingerprint density at radius 1 is 1.28 bits per heavy atom. The van der Waals surface area contributed by atoms with Crippen LogP contribution in [0, 0.1) is 0 Å². The zero-order chi connectivity index (χ0) is 20.4. The smallest absolute Gasteiger partial charge is 0.263 e. The van der Waals surface area contributed by atoms with Gasteiger partial charge in [0.05, 0.1) is 23.2 Å². The Bertz CT molecular complexity index is 1240. The number of aromatic nitrogens is 4. The lowest BCUT2D eigenvalue weighted by molar-refractivity contribution is -0.127. The molecule has 1 amide bonds. The number of carbonyl (C=O) groups is 1. The van der Waals surface area contributed by atoms with Crippen LogP contribution in [0.3, 0.4) is 0 Å². The van der Waals surface area contributed by atoms with Gasteiger partial charge in [-0.2, -0.15) is 0 Å². The lowest BCUT2D eigenvalue weighted by Gasteiger charge is -2.15. The number of carbonyl (C=O) groups excluding carboxylic acids is 1. The molecule has 4 rings (SSSR count). The Morgan fingerprint density at radius 3 is 2.86 bits per heavy atom. The Hall–Kier alpha value is -2.91. The SMILES string of the molecule is C=CCn1c(=O)c2ccccc2n2c(SCC(=O)N(C)Cc3cccs3)nnc12. The first-order valence-electron chi connectivity index (χ1n) is 8.97. The fraction of sp³-hybridized carbons (Fsp3) is 0.200. The van der Waals surface area contributed by atoms with Crippen LogP contribution in [0.4, 0.5) is 0 Å². The predicted octanol–water partition coefficient (Wildman–Crippen LogP) is 3.04. The molecule has 0 aliphatic heterocycles. The molecule has 4 aromatic rings. The summed E-state index contributed by atoms with van der Waals surface area (Å²) in [5, 5.41) is 11.6. The van der Waals surface area contributed by atoms with Gasteiger partial charge in [-0.3, -0.25) is 18.6 Å². The minimum atomic E-state index is -0.135. The quantitative estimate of drug-likeness (QED) is 0.336. The van der Waals surface area contributed by atoms with Gasteiger partial charge in [0.25, 0.3) is 5.56 Å². The number of thioether (sulfide) groups is 1. The van der Waals surface area contributed by atoms with Crippen LogP contribution in [0.25, 0.3) is 16.7 Å². The van der Waals surface area contributed by atoms with Gasteiger partial charge >= 0.3 is 0 Å². The molecule has 1 aromatic carbocycles. The molecule has 148 valence electrons. The van der Waals surface area contributed by atoms with Crippen molar-refractivity contribution in [2.24, 2.45) is 0 Å². The second-order valence-electron chi connectivity index (χ2n) is 6.46. The molecule has 0 fully saturated rings. The first-order chi connectivity index (χ1) is 14.1. The number of para-hydroxylation sites is 1. The molecular weight excluding hydrogens is 406 g/mol. The van der Waals surface area contributed by atoms with Gasteiger partial charge in [0.1, 0.15) is 0 Å². The third-order valence-electron chi connectivity index (χ3n) is 4.51. The summed E-state index contributed by atoms with van der Waals surface area (Å²) in [6, 6.07) is 11.3. The van der Waals surface area contributed by atoms with Gasteiger partial charge in [0, 0.05) is 18.5 Å². The van der Waals surface area contributed by atoms with Gasteiger partial charge in [0.15, 0.2) is 5.16 Å². The fourth-order valence-corrected chi connectivity index (χ4v) is 4.72. The number of allylic oxidation sites excluding steroid dienone is 1. The molecule has 7 nitrogen and oxygen atoms in total. The van der Waals surface area contributed by atoms with Gasteiger partial charge in [0.2, 0.25) is 11.7 Å². The summed E-state index contributed by atoms with van der Waals surface area (Å²) in [6.07, 6.45) is 1.65. The molecular formula is C20H19N5O2S2. The molecule has 0 N–H and O–H groups in total. The van der Waals surface area contributed by atoms with Crippen LogP contribution in [-0.4, -0.2) is 42.8 Å². The number of hydrogen-bond acceptors (Lipinski definition) is 6. The van der Waals surface area contributed by atoms with Crippen molar-refractivity contribution in [1.82, 2.24) is 24.1 Å². The van der Waals surface area contributed by atoms with Gasteiger partial charge in [-0.15, -0.1) is 28.1 Å². The Morgan fingerprint density at radius 2 is 2.10 bits per heavy atom. The molecule has 0 bridgehead atoms. The average molecular weight is 426 g/mol.